The Morgan fingerprint density at radius 3 is 2.85 bits per heavy atom. The van der Waals surface area contributed by atoms with Crippen molar-refractivity contribution in [3.8, 4) is 0 Å². The van der Waals surface area contributed by atoms with Crippen LogP contribution in [0.1, 0.15) is 0 Å². The molecular weight excluding hydrogens is 246 g/mol. The smallest absolute Gasteiger partial charge is 0.255 e. The highest BCUT2D eigenvalue weighted by atomic mass is 79.9. The molecule has 3 N–H and O–H groups in total. The molecule has 1 rings (SSSR count). The number of nitrogens with zero attached hydrogens (tertiary/aromatic N) is 2. The van der Waals surface area contributed by atoms with Crippen LogP contribution < -0.4 is 11.1 Å². The molecule has 1 aromatic rings. The third-order valence-corrected chi connectivity index (χ3v) is 1.58. The predicted octanol–water partition coefficient (Wildman–Crippen LogP) is 1.50. The molecule has 13 heavy (non-hydrogen) atoms. The lowest BCUT2D eigenvalue weighted by atomic mass is 10.5. The maximum atomic E-state index is 11.8. The number of hydrogen-bond acceptors (Lipinski definition) is 4. The lowest BCUT2D eigenvalue weighted by Gasteiger charge is -2.06. The molecule has 0 saturated carbocycles. The minimum atomic E-state index is -2.44. The lowest BCUT2D eigenvalue weighted by molar-refractivity contribution is 0.163. The van der Waals surface area contributed by atoms with Gasteiger partial charge in [-0.25, -0.2) is 18.7 Å². The largest absolute Gasteiger partial charge is 0.381 e. The highest BCUT2D eigenvalue weighted by Gasteiger charge is 2.06. The standard InChI is InChI=1S/C6H7BrF2N4/c7-3-1-11-6(5(10)13-3)12-2-4(8)9/h1,4H,2H2,(H2,10,13)(H,11,12). The highest BCUT2D eigenvalue weighted by Crippen LogP contribution is 2.15. The molecule has 0 bridgehead atoms. The molecule has 0 unspecified atom stereocenters. The second-order valence-corrected chi connectivity index (χ2v) is 3.01. The fraction of sp³-hybridized carbons (Fsp3) is 0.333. The average Bonchev–Trinajstić information content (AvgIpc) is 2.02. The van der Waals surface area contributed by atoms with Gasteiger partial charge in [0.2, 0.25) is 0 Å². The van der Waals surface area contributed by atoms with Crippen LogP contribution in [0.25, 0.3) is 0 Å². The van der Waals surface area contributed by atoms with E-state index in [2.05, 4.69) is 31.2 Å². The third-order valence-electron chi connectivity index (χ3n) is 1.19. The molecule has 1 aromatic heterocycles. The Morgan fingerprint density at radius 2 is 2.31 bits per heavy atom. The van der Waals surface area contributed by atoms with E-state index < -0.39 is 13.0 Å². The Kier molecular flexibility index (Phi) is 3.35. The SMILES string of the molecule is Nc1nc(Br)cnc1NCC(F)F. The molecule has 0 fully saturated rings. The number of nitrogens with two attached hydrogens (primary N) is 1. The average molecular weight is 253 g/mol. The first-order valence-corrected chi connectivity index (χ1v) is 4.19. The summed E-state index contributed by atoms with van der Waals surface area (Å²) in [4.78, 5) is 7.55. The van der Waals surface area contributed by atoms with Crippen molar-refractivity contribution in [2.24, 2.45) is 0 Å². The molecule has 0 saturated heterocycles. The van der Waals surface area contributed by atoms with Gasteiger partial charge >= 0.3 is 0 Å². The number of halogens is 3. The first-order valence-electron chi connectivity index (χ1n) is 3.39. The van der Waals surface area contributed by atoms with E-state index in [9.17, 15) is 8.78 Å². The monoisotopic (exact) mass is 252 g/mol. The van der Waals surface area contributed by atoms with Gasteiger partial charge < -0.3 is 11.1 Å². The van der Waals surface area contributed by atoms with Gasteiger partial charge in [-0.05, 0) is 15.9 Å². The molecule has 0 amide bonds. The summed E-state index contributed by atoms with van der Waals surface area (Å²) in [6.45, 7) is -0.486. The van der Waals surface area contributed by atoms with Crippen molar-refractivity contribution in [3.63, 3.8) is 0 Å². The molecule has 0 atom stereocenters. The molecular formula is C6H7BrF2N4. The summed E-state index contributed by atoms with van der Waals surface area (Å²) >= 11 is 3.05. The van der Waals surface area contributed by atoms with Crippen molar-refractivity contribution in [3.05, 3.63) is 10.8 Å². The number of hydrogen-bond donors (Lipinski definition) is 2. The molecule has 0 aliphatic carbocycles. The summed E-state index contributed by atoms with van der Waals surface area (Å²) in [5, 5.41) is 2.37. The Balaban J connectivity index is 2.67. The Morgan fingerprint density at radius 1 is 1.62 bits per heavy atom. The van der Waals surface area contributed by atoms with Crippen molar-refractivity contribution >= 4 is 27.6 Å². The van der Waals surface area contributed by atoms with Crippen LogP contribution >= 0.6 is 15.9 Å². The normalized spacial score (nSPS) is 10.5. The van der Waals surface area contributed by atoms with Crippen LogP contribution in [0.15, 0.2) is 10.8 Å². The molecule has 7 heteroatoms. The van der Waals surface area contributed by atoms with Crippen molar-refractivity contribution in [2.45, 2.75) is 6.43 Å². The van der Waals surface area contributed by atoms with Crippen molar-refractivity contribution in [2.75, 3.05) is 17.6 Å². The van der Waals surface area contributed by atoms with E-state index in [0.29, 0.717) is 4.60 Å². The van der Waals surface area contributed by atoms with E-state index in [1.54, 1.807) is 0 Å². The van der Waals surface area contributed by atoms with E-state index >= 15 is 0 Å². The first-order chi connectivity index (χ1) is 6.09. The topological polar surface area (TPSA) is 63.8 Å². The summed E-state index contributed by atoms with van der Waals surface area (Å²) in [7, 11) is 0. The fourth-order valence-corrected chi connectivity index (χ4v) is 0.984. The van der Waals surface area contributed by atoms with Crippen LogP contribution in [0, 0.1) is 0 Å². The quantitative estimate of drug-likeness (QED) is 0.856. The molecule has 0 aromatic carbocycles. The number of aromatic nitrogens is 2. The minimum absolute atomic E-state index is 0.0926. The maximum Gasteiger partial charge on any atom is 0.255 e. The zero-order chi connectivity index (χ0) is 9.84. The number of nitrogen functional groups attached to an aromatic ring is 1. The van der Waals surface area contributed by atoms with Gasteiger partial charge in [0, 0.05) is 0 Å². The zero-order valence-corrected chi connectivity index (χ0v) is 8.05. The summed E-state index contributed by atoms with van der Waals surface area (Å²) in [5.74, 6) is 0.263. The number of nitrogens with one attached hydrogen (secondary N) is 1. The van der Waals surface area contributed by atoms with Crippen molar-refractivity contribution < 1.29 is 8.78 Å². The zero-order valence-electron chi connectivity index (χ0n) is 6.47. The van der Waals surface area contributed by atoms with E-state index in [1.807, 2.05) is 0 Å². The number of rotatable bonds is 3. The maximum absolute atomic E-state index is 11.8. The van der Waals surface area contributed by atoms with Gasteiger partial charge in [0.05, 0.1) is 12.7 Å². The fourth-order valence-electron chi connectivity index (χ4n) is 0.691. The van der Waals surface area contributed by atoms with Gasteiger partial charge in [-0.15, -0.1) is 0 Å². The van der Waals surface area contributed by atoms with E-state index in [4.69, 9.17) is 5.73 Å². The minimum Gasteiger partial charge on any atom is -0.381 e. The van der Waals surface area contributed by atoms with Gasteiger partial charge in [0.25, 0.3) is 6.43 Å². The van der Waals surface area contributed by atoms with Crippen LogP contribution in [-0.4, -0.2) is 22.9 Å². The van der Waals surface area contributed by atoms with Gasteiger partial charge in [0.1, 0.15) is 4.60 Å². The van der Waals surface area contributed by atoms with Gasteiger partial charge in [-0.1, -0.05) is 0 Å². The number of anilines is 2. The third kappa shape index (κ3) is 3.10. The van der Waals surface area contributed by atoms with E-state index in [-0.39, 0.29) is 11.6 Å². The van der Waals surface area contributed by atoms with Gasteiger partial charge in [-0.2, -0.15) is 0 Å². The van der Waals surface area contributed by atoms with Crippen LogP contribution in [-0.2, 0) is 0 Å². The molecule has 0 radical (unpaired) electrons. The molecule has 0 spiro atoms. The predicted molar refractivity (Wildman–Crippen MR) is 48.6 cm³/mol. The summed E-state index contributed by atoms with van der Waals surface area (Å²) in [6.07, 6.45) is -1.06. The number of alkyl halides is 2. The summed E-state index contributed by atoms with van der Waals surface area (Å²) in [5.41, 5.74) is 5.40. The second-order valence-electron chi connectivity index (χ2n) is 2.20. The lowest BCUT2D eigenvalue weighted by Crippen LogP contribution is -2.13. The molecule has 0 aliphatic rings. The van der Waals surface area contributed by atoms with Crippen LogP contribution in [0.2, 0.25) is 0 Å². The highest BCUT2D eigenvalue weighted by molar-refractivity contribution is 9.10. The molecule has 1 heterocycles. The van der Waals surface area contributed by atoms with Gasteiger partial charge in [0.15, 0.2) is 11.6 Å². The second kappa shape index (κ2) is 4.31. The van der Waals surface area contributed by atoms with Crippen molar-refractivity contribution in [1.29, 1.82) is 0 Å². The summed E-state index contributed by atoms with van der Waals surface area (Å²) < 4.78 is 24.0. The Hall–Kier alpha value is -0.980. The first kappa shape index (κ1) is 10.1. The Labute approximate surface area is 81.7 Å². The van der Waals surface area contributed by atoms with Crippen LogP contribution in [0.4, 0.5) is 20.4 Å². The molecule has 0 aliphatic heterocycles. The van der Waals surface area contributed by atoms with Gasteiger partial charge in [-0.3, -0.25) is 0 Å². The molecule has 4 nitrogen and oxygen atoms in total. The van der Waals surface area contributed by atoms with E-state index in [1.165, 1.54) is 6.20 Å². The summed E-state index contributed by atoms with van der Waals surface area (Å²) in [6, 6.07) is 0. The Bertz CT molecular complexity index is 294. The van der Waals surface area contributed by atoms with E-state index in [0.717, 1.165) is 0 Å². The van der Waals surface area contributed by atoms with Crippen LogP contribution in [0.3, 0.4) is 0 Å². The molecule has 72 valence electrons. The van der Waals surface area contributed by atoms with Crippen molar-refractivity contribution in [1.82, 2.24) is 9.97 Å². The van der Waals surface area contributed by atoms with Crippen LogP contribution in [0.5, 0.6) is 0 Å².